The number of benzene rings is 1. The summed E-state index contributed by atoms with van der Waals surface area (Å²) in [5, 5.41) is 5.61. The lowest BCUT2D eigenvalue weighted by Gasteiger charge is -2.37. The van der Waals surface area contributed by atoms with Crippen LogP contribution in [0.15, 0.2) is 51.6 Å². The molecule has 1 N–H and O–H groups in total. The molecule has 0 spiro atoms. The largest absolute Gasteiger partial charge is 0.496 e. The minimum Gasteiger partial charge on any atom is -0.496 e. The average molecular weight is 473 g/mol. The van der Waals surface area contributed by atoms with E-state index < -0.39 is 12.0 Å². The lowest BCUT2D eigenvalue weighted by atomic mass is 9.93. The Kier molecular flexibility index (Phi) is 8.20. The molecule has 9 heteroatoms. The van der Waals surface area contributed by atoms with Gasteiger partial charge < -0.3 is 24.6 Å². The zero-order valence-electron chi connectivity index (χ0n) is 20.0. The number of fused-ring (bicyclic) bond motifs is 1. The summed E-state index contributed by atoms with van der Waals surface area (Å²) in [6.45, 7) is 6.77. The lowest BCUT2D eigenvalue weighted by Crippen LogP contribution is -2.39. The van der Waals surface area contributed by atoms with Gasteiger partial charge in [-0.25, -0.2) is 9.79 Å². The van der Waals surface area contributed by atoms with Gasteiger partial charge in [0.1, 0.15) is 5.75 Å². The summed E-state index contributed by atoms with van der Waals surface area (Å²) < 4.78 is 11.2. The molecule has 2 aliphatic rings. The molecule has 1 amide bonds. The van der Waals surface area contributed by atoms with E-state index in [0.717, 1.165) is 23.0 Å². The fourth-order valence-electron chi connectivity index (χ4n) is 3.74. The minimum atomic E-state index is -0.518. The lowest BCUT2D eigenvalue weighted by molar-refractivity contribution is -0.143. The van der Waals surface area contributed by atoms with Crippen molar-refractivity contribution in [3.05, 3.63) is 52.2 Å². The van der Waals surface area contributed by atoms with E-state index in [2.05, 4.69) is 10.3 Å². The number of nitrogens with one attached hydrogen (secondary N) is 1. The van der Waals surface area contributed by atoms with E-state index in [-0.39, 0.29) is 18.4 Å². The molecule has 1 aromatic rings. The Bertz CT molecular complexity index is 1000. The van der Waals surface area contributed by atoms with Gasteiger partial charge in [-0.2, -0.15) is 0 Å². The second kappa shape index (κ2) is 10.9. The number of carbonyl (C=O) groups excluding carboxylic acids is 2. The molecule has 1 aromatic carbocycles. The molecular formula is C24H32N4O4S. The quantitative estimate of drug-likeness (QED) is 0.552. The van der Waals surface area contributed by atoms with Gasteiger partial charge in [0, 0.05) is 24.4 Å². The fourth-order valence-corrected chi connectivity index (χ4v) is 4.71. The summed E-state index contributed by atoms with van der Waals surface area (Å²) in [4.78, 5) is 34.5. The molecular weight excluding hydrogens is 440 g/mol. The van der Waals surface area contributed by atoms with Crippen molar-refractivity contribution in [2.75, 3.05) is 34.3 Å². The summed E-state index contributed by atoms with van der Waals surface area (Å²) >= 11 is 1.45. The fraction of sp³-hybridized carbons (Fsp3) is 0.458. The third-order valence-electron chi connectivity index (χ3n) is 5.22. The second-order valence-corrected chi connectivity index (χ2v) is 9.26. The number of rotatable bonds is 9. The number of nitrogens with zero attached hydrogens (tertiary/aromatic N) is 3. The summed E-state index contributed by atoms with van der Waals surface area (Å²) in [5.74, 6) is 0.146. The average Bonchev–Trinajstić information content (AvgIpc) is 3.13. The van der Waals surface area contributed by atoms with Crippen LogP contribution in [0.25, 0.3) is 0 Å². The topological polar surface area (TPSA) is 83.5 Å². The molecule has 0 fully saturated rings. The molecule has 0 radical (unpaired) electrons. The Balaban J connectivity index is 1.98. The Labute approximate surface area is 199 Å². The number of aliphatic imine (C=N–C) groups is 1. The van der Waals surface area contributed by atoms with Crippen LogP contribution in [-0.4, -0.2) is 67.2 Å². The van der Waals surface area contributed by atoms with Gasteiger partial charge in [0.15, 0.2) is 5.17 Å². The first-order valence-electron chi connectivity index (χ1n) is 10.9. The molecule has 0 aliphatic carbocycles. The van der Waals surface area contributed by atoms with Crippen LogP contribution in [0.4, 0.5) is 0 Å². The van der Waals surface area contributed by atoms with Gasteiger partial charge >= 0.3 is 5.97 Å². The number of amides is 1. The molecule has 1 unspecified atom stereocenters. The highest BCUT2D eigenvalue weighted by Gasteiger charge is 2.42. The Morgan fingerprint density at radius 1 is 1.27 bits per heavy atom. The van der Waals surface area contributed by atoms with Crippen LogP contribution in [0.2, 0.25) is 0 Å². The maximum Gasteiger partial charge on any atom is 0.338 e. The second-order valence-electron chi connectivity index (χ2n) is 8.42. The number of methoxy groups -OCH3 is 1. The molecule has 0 bridgehead atoms. The van der Waals surface area contributed by atoms with Crippen molar-refractivity contribution in [1.82, 2.24) is 15.1 Å². The highest BCUT2D eigenvalue weighted by molar-refractivity contribution is 8.16. The van der Waals surface area contributed by atoms with E-state index >= 15 is 0 Å². The number of likely N-dealkylation sites (N-methyl/N-ethyl adjacent to an activating group) is 1. The minimum absolute atomic E-state index is 0.0821. The van der Waals surface area contributed by atoms with Gasteiger partial charge in [0.25, 0.3) is 0 Å². The van der Waals surface area contributed by atoms with Crippen molar-refractivity contribution in [3.8, 4) is 5.75 Å². The normalized spacial score (nSPS) is 17.7. The summed E-state index contributed by atoms with van der Waals surface area (Å²) in [6, 6.07) is 7.07. The van der Waals surface area contributed by atoms with Crippen LogP contribution in [0.5, 0.6) is 5.75 Å². The maximum atomic E-state index is 13.2. The molecule has 0 saturated carbocycles. The van der Waals surface area contributed by atoms with Crippen molar-refractivity contribution in [2.24, 2.45) is 4.99 Å². The van der Waals surface area contributed by atoms with Gasteiger partial charge in [0.2, 0.25) is 5.91 Å². The third kappa shape index (κ3) is 5.78. The number of esters is 1. The van der Waals surface area contributed by atoms with Gasteiger partial charge in [-0.3, -0.25) is 4.79 Å². The number of allylic oxidation sites excluding steroid dienone is 1. The molecule has 2 aliphatic heterocycles. The first-order chi connectivity index (χ1) is 15.7. The summed E-state index contributed by atoms with van der Waals surface area (Å²) in [7, 11) is 5.53. The number of amidine groups is 1. The number of ether oxygens (including phenoxy) is 2. The standard InChI is InChI=1S/C24H32N4O4S/c1-15(2)32-23(30)21-16(3)26-24-28(22(21)18-9-7-8-10-19(18)31-6)17(14-33-24)13-20(29)25-11-12-27(4)5/h7-10,14-15,22H,11-13H2,1-6H3,(H,25,29). The number of hydrogen-bond acceptors (Lipinski definition) is 8. The van der Waals surface area contributed by atoms with Gasteiger partial charge in [-0.15, -0.1) is 0 Å². The molecule has 2 heterocycles. The number of para-hydroxylation sites is 1. The Morgan fingerprint density at radius 3 is 2.67 bits per heavy atom. The Hall–Kier alpha value is -2.78. The molecule has 1 atom stereocenters. The highest BCUT2D eigenvalue weighted by atomic mass is 32.2. The predicted molar refractivity (Wildman–Crippen MR) is 131 cm³/mol. The zero-order valence-corrected chi connectivity index (χ0v) is 20.9. The predicted octanol–water partition coefficient (Wildman–Crippen LogP) is 3.29. The first kappa shape index (κ1) is 24.9. The SMILES string of the molecule is COc1ccccc1C1C(C(=O)OC(C)C)=C(C)N=C2SC=C(CC(=O)NCCN(C)C)N21. The Morgan fingerprint density at radius 2 is 2.00 bits per heavy atom. The molecule has 178 valence electrons. The zero-order chi connectivity index (χ0) is 24.1. The highest BCUT2D eigenvalue weighted by Crippen LogP contribution is 2.46. The van der Waals surface area contributed by atoms with E-state index in [1.54, 1.807) is 7.11 Å². The van der Waals surface area contributed by atoms with Crippen molar-refractivity contribution in [3.63, 3.8) is 0 Å². The van der Waals surface area contributed by atoms with Gasteiger partial charge in [-0.05, 0) is 46.3 Å². The van der Waals surface area contributed by atoms with E-state index in [1.165, 1.54) is 11.8 Å². The summed E-state index contributed by atoms with van der Waals surface area (Å²) in [5.41, 5.74) is 2.63. The van der Waals surface area contributed by atoms with Crippen molar-refractivity contribution in [2.45, 2.75) is 39.3 Å². The van der Waals surface area contributed by atoms with Crippen molar-refractivity contribution >= 4 is 28.8 Å². The summed E-state index contributed by atoms with van der Waals surface area (Å²) in [6.07, 6.45) is -0.0941. The van der Waals surface area contributed by atoms with Gasteiger partial charge in [-0.1, -0.05) is 30.0 Å². The van der Waals surface area contributed by atoms with Crippen LogP contribution >= 0.6 is 11.8 Å². The molecule has 8 nitrogen and oxygen atoms in total. The van der Waals surface area contributed by atoms with E-state index in [1.807, 2.05) is 74.3 Å². The van der Waals surface area contributed by atoms with Crippen molar-refractivity contribution < 1.29 is 19.1 Å². The molecule has 3 rings (SSSR count). The molecule has 0 aromatic heterocycles. The molecule has 33 heavy (non-hydrogen) atoms. The monoisotopic (exact) mass is 472 g/mol. The van der Waals surface area contributed by atoms with E-state index in [0.29, 0.717) is 23.6 Å². The van der Waals surface area contributed by atoms with Crippen LogP contribution < -0.4 is 10.1 Å². The van der Waals surface area contributed by atoms with Crippen molar-refractivity contribution in [1.29, 1.82) is 0 Å². The van der Waals surface area contributed by atoms with Crippen LogP contribution in [0, 0.1) is 0 Å². The number of carbonyl (C=O) groups is 2. The maximum absolute atomic E-state index is 13.2. The first-order valence-corrected chi connectivity index (χ1v) is 11.8. The third-order valence-corrected chi connectivity index (χ3v) is 6.11. The number of hydrogen-bond donors (Lipinski definition) is 1. The molecule has 0 saturated heterocycles. The number of thioether (sulfide) groups is 1. The van der Waals surface area contributed by atoms with E-state index in [4.69, 9.17) is 9.47 Å². The van der Waals surface area contributed by atoms with Crippen LogP contribution in [0.1, 0.15) is 38.8 Å². The smallest absolute Gasteiger partial charge is 0.338 e. The van der Waals surface area contributed by atoms with E-state index in [9.17, 15) is 9.59 Å². The van der Waals surface area contributed by atoms with Crippen LogP contribution in [0.3, 0.4) is 0 Å². The van der Waals surface area contributed by atoms with Crippen LogP contribution in [-0.2, 0) is 14.3 Å². The van der Waals surface area contributed by atoms with Gasteiger partial charge in [0.05, 0.1) is 36.9 Å².